The zero-order valence-electron chi connectivity index (χ0n) is 14.9. The van der Waals surface area contributed by atoms with Crippen LogP contribution in [0.3, 0.4) is 0 Å². The van der Waals surface area contributed by atoms with E-state index in [0.29, 0.717) is 34.2 Å². The van der Waals surface area contributed by atoms with E-state index < -0.39 is 6.04 Å². The van der Waals surface area contributed by atoms with Gasteiger partial charge in [0.15, 0.2) is 0 Å². The van der Waals surface area contributed by atoms with Crippen molar-refractivity contribution in [3.05, 3.63) is 61.8 Å². The number of nitrogens with zero attached hydrogens (tertiary/aromatic N) is 3. The van der Waals surface area contributed by atoms with Crippen molar-refractivity contribution in [2.75, 3.05) is 6.54 Å². The molecule has 0 spiro atoms. The minimum Gasteiger partial charge on any atom is -0.336 e. The highest BCUT2D eigenvalue weighted by Crippen LogP contribution is 2.23. The fourth-order valence-electron chi connectivity index (χ4n) is 3.06. The molecule has 3 aromatic rings. The molecule has 26 heavy (non-hydrogen) atoms. The zero-order chi connectivity index (χ0) is 18.8. The Morgan fingerprint density at radius 2 is 2.04 bits per heavy atom. The zero-order valence-corrected chi connectivity index (χ0v) is 16.5. The van der Waals surface area contributed by atoms with Crippen LogP contribution in [-0.2, 0) is 11.3 Å². The Morgan fingerprint density at radius 1 is 1.31 bits per heavy atom. The molecule has 2 aromatic heterocycles. The lowest BCUT2D eigenvalue weighted by Crippen LogP contribution is -2.39. The number of aromatic nitrogens is 2. The Hall–Kier alpha value is -2.18. The number of aryl methyl sites for hydroxylation is 1. The molecule has 1 amide bonds. The molecule has 0 bridgehead atoms. The van der Waals surface area contributed by atoms with Gasteiger partial charge in [-0.2, -0.15) is 0 Å². The summed E-state index contributed by atoms with van der Waals surface area (Å²) in [6.45, 7) is 6.46. The van der Waals surface area contributed by atoms with Gasteiger partial charge in [0.05, 0.1) is 21.8 Å². The van der Waals surface area contributed by atoms with Crippen LogP contribution in [0.25, 0.3) is 10.9 Å². The minimum absolute atomic E-state index is 0.112. The lowest BCUT2D eigenvalue weighted by Gasteiger charge is -2.26. The van der Waals surface area contributed by atoms with Crippen LogP contribution >= 0.6 is 22.9 Å². The molecular weight excluding hydrogens is 370 g/mol. The van der Waals surface area contributed by atoms with Gasteiger partial charge in [0.2, 0.25) is 5.91 Å². The van der Waals surface area contributed by atoms with Crippen molar-refractivity contribution in [2.45, 2.75) is 33.4 Å². The Balaban J connectivity index is 1.94. The van der Waals surface area contributed by atoms with Crippen LogP contribution in [0.2, 0.25) is 4.34 Å². The van der Waals surface area contributed by atoms with Gasteiger partial charge in [-0.15, -0.1) is 11.3 Å². The molecule has 0 aliphatic carbocycles. The molecule has 0 N–H and O–H groups in total. The standard InChI is InChI=1S/C19H20ClN3O2S/c1-4-22(11-14-9-10-17(20)26-14)18(24)12(2)23-13(3)21-16-8-6-5-7-15(16)19(23)25/h5-10,12H,4,11H2,1-3H3/t12-/m1/s1. The number of carbonyl (C=O) groups is 1. The van der Waals surface area contributed by atoms with E-state index in [0.717, 1.165) is 4.88 Å². The van der Waals surface area contributed by atoms with Crippen LogP contribution in [0.5, 0.6) is 0 Å². The lowest BCUT2D eigenvalue weighted by molar-refractivity contribution is -0.134. The molecule has 1 aromatic carbocycles. The maximum absolute atomic E-state index is 13.0. The first kappa shape index (κ1) is 18.6. The van der Waals surface area contributed by atoms with E-state index in [1.165, 1.54) is 15.9 Å². The quantitative estimate of drug-likeness (QED) is 0.662. The summed E-state index contributed by atoms with van der Waals surface area (Å²) in [5, 5.41) is 0.519. The fraction of sp³-hybridized carbons (Fsp3) is 0.316. The molecule has 0 aliphatic heterocycles. The summed E-state index contributed by atoms with van der Waals surface area (Å²) in [6, 6.07) is 10.3. The SMILES string of the molecule is CCN(Cc1ccc(Cl)s1)C(=O)[C@@H](C)n1c(C)nc2ccccc2c1=O. The van der Waals surface area contributed by atoms with Crippen molar-refractivity contribution < 1.29 is 4.79 Å². The summed E-state index contributed by atoms with van der Waals surface area (Å²) in [5.74, 6) is 0.420. The predicted molar refractivity (Wildman–Crippen MR) is 106 cm³/mol. The summed E-state index contributed by atoms with van der Waals surface area (Å²) >= 11 is 7.44. The fourth-order valence-corrected chi connectivity index (χ4v) is 4.16. The molecule has 136 valence electrons. The molecule has 3 rings (SSSR count). The number of carbonyl (C=O) groups excluding carboxylic acids is 1. The second kappa shape index (κ2) is 7.60. The van der Waals surface area contributed by atoms with E-state index in [1.807, 2.05) is 25.1 Å². The van der Waals surface area contributed by atoms with Crippen LogP contribution in [0.15, 0.2) is 41.2 Å². The van der Waals surface area contributed by atoms with Crippen LogP contribution in [0.4, 0.5) is 0 Å². The van der Waals surface area contributed by atoms with Gasteiger partial charge in [-0.1, -0.05) is 23.7 Å². The van der Waals surface area contributed by atoms with Crippen LogP contribution in [0, 0.1) is 6.92 Å². The Morgan fingerprint density at radius 3 is 2.69 bits per heavy atom. The van der Waals surface area contributed by atoms with Crippen molar-refractivity contribution in [3.8, 4) is 0 Å². The van der Waals surface area contributed by atoms with E-state index in [-0.39, 0.29) is 11.5 Å². The molecule has 2 heterocycles. The second-order valence-electron chi connectivity index (χ2n) is 6.09. The number of hydrogen-bond acceptors (Lipinski definition) is 4. The van der Waals surface area contributed by atoms with Gasteiger partial charge in [-0.25, -0.2) is 4.98 Å². The number of amides is 1. The van der Waals surface area contributed by atoms with E-state index in [1.54, 1.807) is 36.9 Å². The van der Waals surface area contributed by atoms with E-state index in [2.05, 4.69) is 4.98 Å². The van der Waals surface area contributed by atoms with Crippen molar-refractivity contribution in [1.82, 2.24) is 14.5 Å². The first-order valence-corrected chi connectivity index (χ1v) is 9.62. The van der Waals surface area contributed by atoms with Crippen molar-refractivity contribution in [3.63, 3.8) is 0 Å². The van der Waals surface area contributed by atoms with Crippen molar-refractivity contribution >= 4 is 39.7 Å². The molecule has 0 radical (unpaired) electrons. The van der Waals surface area contributed by atoms with Gasteiger partial charge in [0.25, 0.3) is 5.56 Å². The number of thiophene rings is 1. The Bertz CT molecular complexity index is 1010. The molecule has 0 unspecified atom stereocenters. The predicted octanol–water partition coefficient (Wildman–Crippen LogP) is 4.03. The third-order valence-corrected chi connectivity index (χ3v) is 5.61. The molecule has 1 atom stereocenters. The van der Waals surface area contributed by atoms with Gasteiger partial charge in [0.1, 0.15) is 11.9 Å². The largest absolute Gasteiger partial charge is 0.336 e. The minimum atomic E-state index is -0.630. The summed E-state index contributed by atoms with van der Waals surface area (Å²) < 4.78 is 2.18. The highest BCUT2D eigenvalue weighted by atomic mass is 35.5. The van der Waals surface area contributed by atoms with Gasteiger partial charge in [-0.3, -0.25) is 14.2 Å². The molecule has 0 saturated heterocycles. The van der Waals surface area contributed by atoms with Gasteiger partial charge in [0, 0.05) is 11.4 Å². The molecule has 7 heteroatoms. The highest BCUT2D eigenvalue weighted by Gasteiger charge is 2.24. The number of rotatable bonds is 5. The number of likely N-dealkylation sites (N-methyl/N-ethyl adjacent to an activating group) is 1. The van der Waals surface area contributed by atoms with Crippen LogP contribution in [-0.4, -0.2) is 26.9 Å². The van der Waals surface area contributed by atoms with E-state index in [4.69, 9.17) is 11.6 Å². The summed E-state index contributed by atoms with van der Waals surface area (Å²) in [6.07, 6.45) is 0. The monoisotopic (exact) mass is 389 g/mol. The number of fused-ring (bicyclic) bond motifs is 1. The first-order valence-electron chi connectivity index (χ1n) is 8.43. The van der Waals surface area contributed by atoms with E-state index in [9.17, 15) is 9.59 Å². The normalized spacial score (nSPS) is 12.3. The molecule has 0 fully saturated rings. The third-order valence-electron chi connectivity index (χ3n) is 4.40. The molecule has 0 saturated carbocycles. The second-order valence-corrected chi connectivity index (χ2v) is 7.89. The number of halogens is 1. The average molecular weight is 390 g/mol. The van der Waals surface area contributed by atoms with Crippen molar-refractivity contribution in [1.29, 1.82) is 0 Å². The van der Waals surface area contributed by atoms with Crippen LogP contribution in [0.1, 0.15) is 30.6 Å². The maximum atomic E-state index is 13.0. The summed E-state index contributed by atoms with van der Waals surface area (Å²) in [4.78, 5) is 33.2. The summed E-state index contributed by atoms with van der Waals surface area (Å²) in [5.41, 5.74) is 0.454. The first-order chi connectivity index (χ1) is 12.4. The number of para-hydroxylation sites is 1. The highest BCUT2D eigenvalue weighted by molar-refractivity contribution is 7.16. The number of benzene rings is 1. The third kappa shape index (κ3) is 3.52. The Labute approximate surface area is 160 Å². The summed E-state index contributed by atoms with van der Waals surface area (Å²) in [7, 11) is 0. The molecule has 5 nitrogen and oxygen atoms in total. The number of hydrogen-bond donors (Lipinski definition) is 0. The van der Waals surface area contributed by atoms with Gasteiger partial charge < -0.3 is 4.90 Å². The van der Waals surface area contributed by atoms with Crippen molar-refractivity contribution in [2.24, 2.45) is 0 Å². The van der Waals surface area contributed by atoms with E-state index >= 15 is 0 Å². The molecular formula is C19H20ClN3O2S. The Kier molecular flexibility index (Phi) is 5.44. The van der Waals surface area contributed by atoms with Gasteiger partial charge >= 0.3 is 0 Å². The van der Waals surface area contributed by atoms with Crippen LogP contribution < -0.4 is 5.56 Å². The topological polar surface area (TPSA) is 55.2 Å². The maximum Gasteiger partial charge on any atom is 0.262 e. The smallest absolute Gasteiger partial charge is 0.262 e. The lowest BCUT2D eigenvalue weighted by atomic mass is 10.2. The average Bonchev–Trinajstić information content (AvgIpc) is 3.04. The van der Waals surface area contributed by atoms with Gasteiger partial charge in [-0.05, 0) is 45.0 Å². The molecule has 0 aliphatic rings.